The Kier molecular flexibility index (Phi) is 5.20. The lowest BCUT2D eigenvalue weighted by Crippen LogP contribution is -2.03. The van der Waals surface area contributed by atoms with Gasteiger partial charge in [-0.2, -0.15) is 0 Å². The summed E-state index contributed by atoms with van der Waals surface area (Å²) in [5, 5.41) is 0. The van der Waals surface area contributed by atoms with Crippen molar-refractivity contribution < 1.29 is 14.3 Å². The number of benzene rings is 1. The van der Waals surface area contributed by atoms with Gasteiger partial charge in [0.15, 0.2) is 11.5 Å². The molecule has 1 aromatic carbocycles. The van der Waals surface area contributed by atoms with E-state index in [1.54, 1.807) is 18.3 Å². The Balaban J connectivity index is 1.93. The lowest BCUT2D eigenvalue weighted by molar-refractivity contribution is -0.142. The van der Waals surface area contributed by atoms with E-state index >= 15 is 0 Å². The topological polar surface area (TPSA) is 110 Å². The highest BCUT2D eigenvalue weighted by Gasteiger charge is 2.20. The number of hydrogen-bond acceptors (Lipinski definition) is 7. The van der Waals surface area contributed by atoms with Crippen molar-refractivity contribution >= 4 is 28.6 Å². The average Bonchev–Trinajstić information content (AvgIpc) is 3.15. The van der Waals surface area contributed by atoms with Crippen molar-refractivity contribution in [3.05, 3.63) is 65.6 Å². The fraction of sp³-hybridized carbons (Fsp3) is 0.136. The van der Waals surface area contributed by atoms with Crippen LogP contribution in [-0.2, 0) is 16.1 Å². The van der Waals surface area contributed by atoms with Gasteiger partial charge in [0, 0.05) is 18.8 Å². The Morgan fingerprint density at radius 1 is 1.23 bits per heavy atom. The summed E-state index contributed by atoms with van der Waals surface area (Å²) < 4.78 is 12.2. The van der Waals surface area contributed by atoms with Gasteiger partial charge in [-0.05, 0) is 35.9 Å². The van der Waals surface area contributed by atoms with Gasteiger partial charge in [-0.25, -0.2) is 19.8 Å². The van der Waals surface area contributed by atoms with Crippen LogP contribution in [0.2, 0.25) is 0 Å². The largest absolute Gasteiger partial charge is 0.490 e. The third kappa shape index (κ3) is 3.74. The first-order valence-electron chi connectivity index (χ1n) is 9.30. The molecular weight excluding hydrogens is 396 g/mol. The molecule has 0 bridgehead atoms. The third-order valence-electron chi connectivity index (χ3n) is 4.61. The predicted molar refractivity (Wildman–Crippen MR) is 115 cm³/mol. The van der Waals surface area contributed by atoms with Crippen LogP contribution < -0.4 is 10.5 Å². The molecule has 0 aliphatic carbocycles. The number of aromatic nitrogens is 4. The quantitative estimate of drug-likeness (QED) is 0.392. The van der Waals surface area contributed by atoms with Crippen molar-refractivity contribution in [3.8, 4) is 23.0 Å². The number of fused-ring (bicyclic) bond motifs is 1. The SMILES string of the molecule is [C-]#[N+]c1cc2nc(-c3cccnc3N)n(-c3ccc(COC(C)=O)cc3)c2nc1OC. The summed E-state index contributed by atoms with van der Waals surface area (Å²) in [5.74, 6) is 0.722. The third-order valence-corrected chi connectivity index (χ3v) is 4.61. The number of ether oxygens (including phenoxy) is 2. The Labute approximate surface area is 177 Å². The summed E-state index contributed by atoms with van der Waals surface area (Å²) >= 11 is 0. The second kappa shape index (κ2) is 8.12. The number of esters is 1. The number of rotatable bonds is 5. The Morgan fingerprint density at radius 2 is 2.00 bits per heavy atom. The van der Waals surface area contributed by atoms with E-state index in [4.69, 9.17) is 26.8 Å². The molecule has 2 N–H and O–H groups in total. The number of pyridine rings is 2. The van der Waals surface area contributed by atoms with Crippen LogP contribution in [0.4, 0.5) is 11.5 Å². The lowest BCUT2D eigenvalue weighted by Gasteiger charge is -2.11. The molecule has 0 unspecified atom stereocenters. The molecule has 4 aromatic rings. The zero-order chi connectivity index (χ0) is 22.0. The van der Waals surface area contributed by atoms with Crippen molar-refractivity contribution in [2.24, 2.45) is 0 Å². The van der Waals surface area contributed by atoms with Gasteiger partial charge in [-0.1, -0.05) is 12.1 Å². The number of nitrogens with two attached hydrogens (primary N) is 1. The Bertz CT molecular complexity index is 1320. The van der Waals surface area contributed by atoms with Crippen molar-refractivity contribution in [1.82, 2.24) is 19.5 Å². The number of nitrogen functional groups attached to an aromatic ring is 1. The van der Waals surface area contributed by atoms with E-state index in [2.05, 4.69) is 14.8 Å². The molecule has 0 radical (unpaired) electrons. The van der Waals surface area contributed by atoms with Crippen molar-refractivity contribution in [2.75, 3.05) is 12.8 Å². The minimum absolute atomic E-state index is 0.184. The van der Waals surface area contributed by atoms with Crippen LogP contribution in [0.25, 0.3) is 33.1 Å². The van der Waals surface area contributed by atoms with Gasteiger partial charge in [0.25, 0.3) is 0 Å². The molecule has 9 heteroatoms. The molecule has 3 heterocycles. The number of imidazole rings is 1. The summed E-state index contributed by atoms with van der Waals surface area (Å²) in [6.07, 6.45) is 1.61. The minimum atomic E-state index is -0.342. The highest BCUT2D eigenvalue weighted by molar-refractivity contribution is 5.86. The fourth-order valence-electron chi connectivity index (χ4n) is 3.17. The molecule has 0 aliphatic heterocycles. The number of anilines is 1. The van der Waals surface area contributed by atoms with Crippen LogP contribution in [0.5, 0.6) is 5.88 Å². The first-order valence-corrected chi connectivity index (χ1v) is 9.30. The molecule has 0 atom stereocenters. The van der Waals surface area contributed by atoms with Gasteiger partial charge in [0.1, 0.15) is 12.4 Å². The summed E-state index contributed by atoms with van der Waals surface area (Å²) in [4.78, 5) is 27.9. The molecule has 0 saturated heterocycles. The molecule has 154 valence electrons. The monoisotopic (exact) mass is 414 g/mol. The maximum atomic E-state index is 11.1. The maximum Gasteiger partial charge on any atom is 0.302 e. The fourth-order valence-corrected chi connectivity index (χ4v) is 3.17. The van der Waals surface area contributed by atoms with Gasteiger partial charge in [0.05, 0.1) is 24.8 Å². The molecule has 31 heavy (non-hydrogen) atoms. The zero-order valence-electron chi connectivity index (χ0n) is 16.9. The molecule has 0 saturated carbocycles. The normalized spacial score (nSPS) is 10.6. The van der Waals surface area contributed by atoms with E-state index in [0.717, 1.165) is 11.3 Å². The zero-order valence-corrected chi connectivity index (χ0v) is 16.9. The van der Waals surface area contributed by atoms with E-state index in [1.807, 2.05) is 34.9 Å². The highest BCUT2D eigenvalue weighted by atomic mass is 16.5. The summed E-state index contributed by atoms with van der Waals surface area (Å²) in [7, 11) is 1.47. The van der Waals surface area contributed by atoms with Crippen LogP contribution in [0.3, 0.4) is 0 Å². The van der Waals surface area contributed by atoms with Crippen LogP contribution >= 0.6 is 0 Å². The van der Waals surface area contributed by atoms with Crippen LogP contribution in [0, 0.1) is 6.57 Å². The number of nitrogens with zero attached hydrogens (tertiary/aromatic N) is 5. The Hall–Kier alpha value is -4.45. The van der Waals surface area contributed by atoms with Gasteiger partial charge in [0.2, 0.25) is 11.6 Å². The smallest absolute Gasteiger partial charge is 0.302 e. The van der Waals surface area contributed by atoms with E-state index in [-0.39, 0.29) is 24.1 Å². The standard InChI is InChI=1S/C22H18N6O3/c1-13(29)31-12-14-6-8-15(9-7-14)28-20(16-5-4-10-25-19(16)23)26-17-11-18(24-2)22(30-3)27-21(17)28/h4-11H,12H2,1,3H3,(H2,23,25). The molecule has 0 spiro atoms. The molecular formula is C22H18N6O3. The van der Waals surface area contributed by atoms with Gasteiger partial charge in [-0.3, -0.25) is 9.36 Å². The maximum absolute atomic E-state index is 11.1. The van der Waals surface area contributed by atoms with E-state index in [1.165, 1.54) is 14.0 Å². The molecule has 0 aliphatic rings. The first-order chi connectivity index (χ1) is 15.0. The second-order valence-corrected chi connectivity index (χ2v) is 6.63. The van der Waals surface area contributed by atoms with Gasteiger partial charge >= 0.3 is 5.97 Å². The molecule has 0 amide bonds. The first kappa shape index (κ1) is 19.8. The number of carbonyl (C=O) groups is 1. The van der Waals surface area contributed by atoms with Crippen LogP contribution in [0.15, 0.2) is 48.7 Å². The molecule has 4 rings (SSSR count). The van der Waals surface area contributed by atoms with E-state index < -0.39 is 0 Å². The summed E-state index contributed by atoms with van der Waals surface area (Å²) in [6, 6.07) is 12.7. The number of carbonyl (C=O) groups excluding carboxylic acids is 1. The summed E-state index contributed by atoms with van der Waals surface area (Å²) in [6.45, 7) is 8.94. The van der Waals surface area contributed by atoms with Crippen molar-refractivity contribution in [3.63, 3.8) is 0 Å². The molecule has 0 fully saturated rings. The summed E-state index contributed by atoms with van der Waals surface area (Å²) in [5.41, 5.74) is 9.65. The average molecular weight is 414 g/mol. The minimum Gasteiger partial charge on any atom is -0.490 e. The van der Waals surface area contributed by atoms with Crippen LogP contribution in [-0.4, -0.2) is 32.6 Å². The van der Waals surface area contributed by atoms with Crippen molar-refractivity contribution in [1.29, 1.82) is 0 Å². The van der Waals surface area contributed by atoms with Gasteiger partial charge in [-0.15, -0.1) is 0 Å². The van der Waals surface area contributed by atoms with E-state index in [9.17, 15) is 4.79 Å². The predicted octanol–water partition coefficient (Wildman–Crippen LogP) is 3.69. The van der Waals surface area contributed by atoms with Crippen molar-refractivity contribution in [2.45, 2.75) is 13.5 Å². The lowest BCUT2D eigenvalue weighted by atomic mass is 10.2. The number of hydrogen-bond donors (Lipinski definition) is 1. The Morgan fingerprint density at radius 3 is 2.65 bits per heavy atom. The molecule has 3 aromatic heterocycles. The molecule has 9 nitrogen and oxygen atoms in total. The van der Waals surface area contributed by atoms with Gasteiger partial charge < -0.3 is 15.2 Å². The van der Waals surface area contributed by atoms with Crippen LogP contribution in [0.1, 0.15) is 12.5 Å². The highest BCUT2D eigenvalue weighted by Crippen LogP contribution is 2.35. The number of methoxy groups -OCH3 is 1. The second-order valence-electron chi connectivity index (χ2n) is 6.63. The van der Waals surface area contributed by atoms with E-state index in [0.29, 0.717) is 28.4 Å².